The number of nitrogens with zero attached hydrogens (tertiary/aromatic N) is 3. The molecular weight excluding hydrogens is 425 g/mol. The highest BCUT2D eigenvalue weighted by atomic mass is 35.5. The molecule has 0 radical (unpaired) electrons. The van der Waals surface area contributed by atoms with Crippen LogP contribution in [0.15, 0.2) is 48.5 Å². The van der Waals surface area contributed by atoms with Crippen LogP contribution in [0.4, 0.5) is 0 Å². The monoisotopic (exact) mass is 437 g/mol. The summed E-state index contributed by atoms with van der Waals surface area (Å²) in [5, 5.41) is 6.19. The van der Waals surface area contributed by atoms with Crippen LogP contribution < -0.4 is 0 Å². The molecule has 1 aliphatic rings. The molecule has 4 rings (SSSR count). The van der Waals surface area contributed by atoms with E-state index in [9.17, 15) is 4.79 Å². The molecule has 4 nitrogen and oxygen atoms in total. The molecule has 1 aliphatic heterocycles. The average molecular weight is 439 g/mol. The lowest BCUT2D eigenvalue weighted by Gasteiger charge is -2.11. The van der Waals surface area contributed by atoms with E-state index in [0.717, 1.165) is 23.5 Å². The third-order valence-electron chi connectivity index (χ3n) is 4.23. The van der Waals surface area contributed by atoms with Gasteiger partial charge in [-0.25, -0.2) is 4.68 Å². The van der Waals surface area contributed by atoms with Crippen LogP contribution >= 0.6 is 46.6 Å². The van der Waals surface area contributed by atoms with Crippen molar-refractivity contribution in [2.24, 2.45) is 0 Å². The van der Waals surface area contributed by atoms with E-state index in [0.29, 0.717) is 32.3 Å². The number of amides is 1. The minimum Gasteiger partial charge on any atom is -0.327 e. The van der Waals surface area contributed by atoms with E-state index in [1.54, 1.807) is 51.7 Å². The van der Waals surface area contributed by atoms with Crippen LogP contribution in [0.3, 0.4) is 0 Å². The van der Waals surface area contributed by atoms with Crippen LogP contribution in [-0.2, 0) is 0 Å². The molecule has 27 heavy (non-hydrogen) atoms. The van der Waals surface area contributed by atoms with Crippen molar-refractivity contribution >= 4 is 52.5 Å². The zero-order valence-corrected chi connectivity index (χ0v) is 17.1. The fraction of sp³-hybridized carbons (Fsp3) is 0.158. The van der Waals surface area contributed by atoms with E-state index in [-0.39, 0.29) is 5.91 Å². The van der Waals surface area contributed by atoms with Gasteiger partial charge >= 0.3 is 0 Å². The first kappa shape index (κ1) is 18.7. The summed E-state index contributed by atoms with van der Waals surface area (Å²) in [5.74, 6) is 1.53. The number of halogens is 3. The van der Waals surface area contributed by atoms with Gasteiger partial charge in [0.05, 0.1) is 22.3 Å². The summed E-state index contributed by atoms with van der Waals surface area (Å²) < 4.78 is 1.69. The smallest absolute Gasteiger partial charge is 0.275 e. The second kappa shape index (κ2) is 7.76. The van der Waals surface area contributed by atoms with Crippen LogP contribution in [0.2, 0.25) is 15.1 Å². The van der Waals surface area contributed by atoms with Gasteiger partial charge in [-0.3, -0.25) is 4.79 Å². The zero-order chi connectivity index (χ0) is 19.0. The van der Waals surface area contributed by atoms with Crippen molar-refractivity contribution in [2.45, 2.75) is 0 Å². The predicted molar refractivity (Wildman–Crippen MR) is 112 cm³/mol. The quantitative estimate of drug-likeness (QED) is 0.530. The number of carbonyl (C=O) groups excluding carboxylic acids is 1. The Balaban J connectivity index is 1.86. The minimum atomic E-state index is -0.0906. The van der Waals surface area contributed by atoms with Gasteiger partial charge in [0.25, 0.3) is 5.91 Å². The first-order valence-corrected chi connectivity index (χ1v) is 10.5. The molecule has 0 unspecified atom stereocenters. The first-order valence-electron chi connectivity index (χ1n) is 8.21. The maximum absolute atomic E-state index is 12.8. The van der Waals surface area contributed by atoms with Gasteiger partial charge in [-0.1, -0.05) is 40.9 Å². The molecular formula is C19H14Cl3N3OS. The summed E-state index contributed by atoms with van der Waals surface area (Å²) >= 11 is 20.3. The molecule has 2 heterocycles. The lowest BCUT2D eigenvalue weighted by molar-refractivity contribution is 0.0796. The Hall–Kier alpha value is -1.66. The predicted octanol–water partition coefficient (Wildman–Crippen LogP) is 5.65. The molecule has 0 spiro atoms. The second-order valence-corrected chi connectivity index (χ2v) is 8.39. The number of hydrogen-bond acceptors (Lipinski definition) is 3. The van der Waals surface area contributed by atoms with Gasteiger partial charge in [0, 0.05) is 27.9 Å². The number of rotatable bonds is 3. The number of benzene rings is 2. The van der Waals surface area contributed by atoms with E-state index < -0.39 is 0 Å². The molecule has 3 aromatic rings. The third kappa shape index (κ3) is 3.83. The molecule has 1 aromatic heterocycles. The lowest BCUT2D eigenvalue weighted by atomic mass is 10.1. The second-order valence-electron chi connectivity index (χ2n) is 6.04. The maximum Gasteiger partial charge on any atom is 0.275 e. The Morgan fingerprint density at radius 1 is 1.04 bits per heavy atom. The Labute approximate surface area is 176 Å². The van der Waals surface area contributed by atoms with Crippen LogP contribution in [0.5, 0.6) is 0 Å². The summed E-state index contributed by atoms with van der Waals surface area (Å²) in [7, 11) is 0. The molecule has 2 aromatic carbocycles. The highest BCUT2D eigenvalue weighted by Gasteiger charge is 2.25. The molecule has 1 saturated heterocycles. The third-order valence-corrected chi connectivity index (χ3v) is 5.98. The summed E-state index contributed by atoms with van der Waals surface area (Å²) in [6, 6.07) is 14.3. The van der Waals surface area contributed by atoms with Gasteiger partial charge in [-0.15, -0.1) is 11.8 Å². The number of thioether (sulfide) groups is 1. The molecule has 0 saturated carbocycles. The van der Waals surface area contributed by atoms with Crippen LogP contribution in [-0.4, -0.2) is 38.8 Å². The Morgan fingerprint density at radius 2 is 1.85 bits per heavy atom. The zero-order valence-electron chi connectivity index (χ0n) is 14.0. The topological polar surface area (TPSA) is 38.1 Å². The fourth-order valence-corrected chi connectivity index (χ4v) is 4.55. The van der Waals surface area contributed by atoms with E-state index in [1.807, 2.05) is 18.2 Å². The first-order chi connectivity index (χ1) is 13.0. The summed E-state index contributed by atoms with van der Waals surface area (Å²) in [4.78, 5) is 14.6. The maximum atomic E-state index is 12.8. The number of aromatic nitrogens is 2. The summed E-state index contributed by atoms with van der Waals surface area (Å²) in [6.07, 6.45) is 0. The SMILES string of the molecule is O=C(c1cc(-c2ccc(Cl)cc2Cl)n(-c2cccc(Cl)c2)n1)N1CCSC1. The number of hydrogen-bond donors (Lipinski definition) is 0. The van der Waals surface area contributed by atoms with Crippen molar-refractivity contribution in [1.82, 2.24) is 14.7 Å². The van der Waals surface area contributed by atoms with Crippen molar-refractivity contribution in [3.8, 4) is 16.9 Å². The highest BCUT2D eigenvalue weighted by molar-refractivity contribution is 7.99. The van der Waals surface area contributed by atoms with Crippen LogP contribution in [0.1, 0.15) is 10.5 Å². The molecule has 8 heteroatoms. The average Bonchev–Trinajstić information content (AvgIpc) is 3.31. The molecule has 138 valence electrons. The van der Waals surface area contributed by atoms with Crippen molar-refractivity contribution < 1.29 is 4.79 Å². The Morgan fingerprint density at radius 3 is 2.56 bits per heavy atom. The van der Waals surface area contributed by atoms with Crippen molar-refractivity contribution in [3.63, 3.8) is 0 Å². The molecule has 0 atom stereocenters. The molecule has 0 aliphatic carbocycles. The largest absolute Gasteiger partial charge is 0.327 e. The van der Waals surface area contributed by atoms with Gasteiger partial charge in [-0.05, 0) is 42.5 Å². The fourth-order valence-electron chi connectivity index (χ4n) is 2.92. The van der Waals surface area contributed by atoms with Crippen molar-refractivity contribution in [1.29, 1.82) is 0 Å². The van der Waals surface area contributed by atoms with Crippen molar-refractivity contribution in [2.75, 3.05) is 18.2 Å². The molecule has 0 N–H and O–H groups in total. The van der Waals surface area contributed by atoms with Gasteiger partial charge in [-0.2, -0.15) is 5.10 Å². The normalized spacial score (nSPS) is 14.0. The highest BCUT2D eigenvalue weighted by Crippen LogP contribution is 2.33. The van der Waals surface area contributed by atoms with E-state index >= 15 is 0 Å². The lowest BCUT2D eigenvalue weighted by Crippen LogP contribution is -2.28. The Bertz CT molecular complexity index is 1020. The van der Waals surface area contributed by atoms with Gasteiger partial charge < -0.3 is 4.90 Å². The van der Waals surface area contributed by atoms with Gasteiger partial charge in [0.15, 0.2) is 5.69 Å². The number of carbonyl (C=O) groups is 1. The minimum absolute atomic E-state index is 0.0906. The molecule has 0 bridgehead atoms. The Kier molecular flexibility index (Phi) is 5.37. The summed E-state index contributed by atoms with van der Waals surface area (Å²) in [5.41, 5.74) is 2.56. The van der Waals surface area contributed by atoms with Crippen LogP contribution in [0, 0.1) is 0 Å². The van der Waals surface area contributed by atoms with E-state index in [1.165, 1.54) is 0 Å². The standard InChI is InChI=1S/C19H14Cl3N3OS/c20-12-2-1-3-14(8-12)25-18(15-5-4-13(21)9-16(15)22)10-17(23-25)19(26)24-6-7-27-11-24/h1-5,8-10H,6-7,11H2. The van der Waals surface area contributed by atoms with Crippen molar-refractivity contribution in [3.05, 3.63) is 69.3 Å². The van der Waals surface area contributed by atoms with Crippen LogP contribution in [0.25, 0.3) is 16.9 Å². The van der Waals surface area contributed by atoms with Gasteiger partial charge in [0.2, 0.25) is 0 Å². The summed E-state index contributed by atoms with van der Waals surface area (Å²) in [6.45, 7) is 0.727. The molecule has 1 fully saturated rings. The van der Waals surface area contributed by atoms with Gasteiger partial charge in [0.1, 0.15) is 0 Å². The van der Waals surface area contributed by atoms with E-state index in [2.05, 4.69) is 5.10 Å². The van der Waals surface area contributed by atoms with E-state index in [4.69, 9.17) is 34.8 Å². The molecule has 1 amide bonds.